The number of Topliss-reactive ketones (excluding diaryl/α,β-unsaturated/α-hetero) is 1. The van der Waals surface area contributed by atoms with E-state index in [1.807, 2.05) is 45.0 Å². The highest BCUT2D eigenvalue weighted by Crippen LogP contribution is 2.35. The van der Waals surface area contributed by atoms with Gasteiger partial charge in [0.05, 0.1) is 5.41 Å². The van der Waals surface area contributed by atoms with Gasteiger partial charge < -0.3 is 9.64 Å². The maximum Gasteiger partial charge on any atom is 0.410 e. The van der Waals surface area contributed by atoms with Crippen LogP contribution in [0, 0.1) is 5.41 Å². The number of ketones is 1. The molecule has 0 bridgehead atoms. The predicted molar refractivity (Wildman–Crippen MR) is 95.3 cm³/mol. The van der Waals surface area contributed by atoms with E-state index in [1.165, 1.54) is 0 Å². The van der Waals surface area contributed by atoms with E-state index in [2.05, 4.69) is 0 Å². The second-order valence-corrected chi connectivity index (χ2v) is 8.08. The van der Waals surface area contributed by atoms with Crippen LogP contribution in [0.3, 0.4) is 0 Å². The van der Waals surface area contributed by atoms with Crippen molar-refractivity contribution >= 4 is 23.5 Å². The lowest BCUT2D eigenvalue weighted by Gasteiger charge is -2.41. The Morgan fingerprint density at radius 2 is 1.88 bits per heavy atom. The van der Waals surface area contributed by atoms with Crippen LogP contribution < -0.4 is 0 Å². The predicted octanol–water partition coefficient (Wildman–Crippen LogP) is 4.49. The van der Waals surface area contributed by atoms with Crippen molar-refractivity contribution in [3.05, 3.63) is 34.9 Å². The van der Waals surface area contributed by atoms with Gasteiger partial charge in [0.15, 0.2) is 0 Å². The van der Waals surface area contributed by atoms with Gasteiger partial charge in [-0.2, -0.15) is 0 Å². The number of carbonyl (C=O) groups excluding carboxylic acids is 2. The van der Waals surface area contributed by atoms with E-state index in [0.29, 0.717) is 24.5 Å². The summed E-state index contributed by atoms with van der Waals surface area (Å²) < 4.78 is 5.47. The van der Waals surface area contributed by atoms with Gasteiger partial charge >= 0.3 is 6.09 Å². The summed E-state index contributed by atoms with van der Waals surface area (Å²) in [6.07, 6.45) is 1.85. The van der Waals surface area contributed by atoms with Gasteiger partial charge in [0.1, 0.15) is 11.4 Å². The van der Waals surface area contributed by atoms with Crippen molar-refractivity contribution in [2.75, 3.05) is 13.1 Å². The molecule has 4 nitrogen and oxygen atoms in total. The molecule has 0 spiro atoms. The zero-order valence-corrected chi connectivity index (χ0v) is 15.7. The van der Waals surface area contributed by atoms with Gasteiger partial charge in [-0.15, -0.1) is 0 Å². The van der Waals surface area contributed by atoms with E-state index in [1.54, 1.807) is 11.8 Å². The molecule has 1 unspecified atom stereocenters. The second-order valence-electron chi connectivity index (χ2n) is 7.65. The van der Waals surface area contributed by atoms with E-state index in [0.717, 1.165) is 18.4 Å². The van der Waals surface area contributed by atoms with E-state index >= 15 is 0 Å². The summed E-state index contributed by atoms with van der Waals surface area (Å²) in [4.78, 5) is 26.5. The summed E-state index contributed by atoms with van der Waals surface area (Å²) in [7, 11) is 0. The summed E-state index contributed by atoms with van der Waals surface area (Å²) in [6, 6.07) is 7.55. The largest absolute Gasteiger partial charge is 0.444 e. The van der Waals surface area contributed by atoms with E-state index < -0.39 is 11.0 Å². The molecule has 0 N–H and O–H groups in total. The van der Waals surface area contributed by atoms with Crippen LogP contribution in [-0.4, -0.2) is 35.5 Å². The van der Waals surface area contributed by atoms with Gasteiger partial charge in [0.2, 0.25) is 0 Å². The maximum absolute atomic E-state index is 12.4. The fourth-order valence-electron chi connectivity index (χ4n) is 3.16. The van der Waals surface area contributed by atoms with Crippen molar-refractivity contribution in [1.29, 1.82) is 0 Å². The zero-order chi connectivity index (χ0) is 18.0. The highest BCUT2D eigenvalue weighted by molar-refractivity contribution is 6.30. The third-order valence-electron chi connectivity index (χ3n) is 4.43. The van der Waals surface area contributed by atoms with Gasteiger partial charge in [-0.1, -0.05) is 23.7 Å². The fourth-order valence-corrected chi connectivity index (χ4v) is 3.29. The molecule has 1 heterocycles. The molecule has 24 heavy (non-hydrogen) atoms. The number of rotatable bonds is 3. The third kappa shape index (κ3) is 4.73. The smallest absolute Gasteiger partial charge is 0.410 e. The Balaban J connectivity index is 2.18. The Morgan fingerprint density at radius 3 is 2.42 bits per heavy atom. The molecule has 1 aliphatic rings. The van der Waals surface area contributed by atoms with Crippen molar-refractivity contribution in [1.82, 2.24) is 4.90 Å². The number of benzene rings is 1. The Hall–Kier alpha value is -1.55. The molecule has 0 aliphatic carbocycles. The number of nitrogens with zero attached hydrogens (tertiary/aromatic N) is 1. The standard InChI is InChI=1S/C19H26ClNO3/c1-14(22)19(12-15-6-8-16(20)9-7-15)10-5-11-21(13-19)17(23)24-18(2,3)4/h6-9H,5,10-13H2,1-4H3. The van der Waals surface area contributed by atoms with Crippen LogP contribution in [0.2, 0.25) is 5.02 Å². The highest BCUT2D eigenvalue weighted by atomic mass is 35.5. The molecule has 1 atom stereocenters. The molecule has 1 amide bonds. The Bertz CT molecular complexity index is 606. The number of halogens is 1. The van der Waals surface area contributed by atoms with Gasteiger partial charge in [0.25, 0.3) is 0 Å². The molecular weight excluding hydrogens is 326 g/mol. The first-order valence-electron chi connectivity index (χ1n) is 8.35. The molecule has 0 aromatic heterocycles. The highest BCUT2D eigenvalue weighted by Gasteiger charge is 2.42. The Kier molecular flexibility index (Phi) is 5.59. The number of piperidine rings is 1. The summed E-state index contributed by atoms with van der Waals surface area (Å²) >= 11 is 5.94. The average Bonchev–Trinajstić information content (AvgIpc) is 2.48. The summed E-state index contributed by atoms with van der Waals surface area (Å²) in [5.74, 6) is 0.116. The Labute approximate surface area is 149 Å². The SMILES string of the molecule is CC(=O)C1(Cc2ccc(Cl)cc2)CCCN(C(=O)OC(C)(C)C)C1. The molecule has 5 heteroatoms. The van der Waals surface area contributed by atoms with Crippen molar-refractivity contribution < 1.29 is 14.3 Å². The van der Waals surface area contributed by atoms with E-state index in [-0.39, 0.29) is 11.9 Å². The molecule has 2 rings (SSSR count). The molecular formula is C19H26ClNO3. The molecule has 0 saturated carbocycles. The third-order valence-corrected chi connectivity index (χ3v) is 4.68. The first-order chi connectivity index (χ1) is 11.1. The van der Waals surface area contributed by atoms with E-state index in [9.17, 15) is 9.59 Å². The lowest BCUT2D eigenvalue weighted by Crippen LogP contribution is -2.51. The minimum absolute atomic E-state index is 0.116. The molecule has 1 fully saturated rings. The van der Waals surface area contributed by atoms with Crippen LogP contribution in [-0.2, 0) is 16.0 Å². The first kappa shape index (κ1) is 18.8. The number of hydrogen-bond acceptors (Lipinski definition) is 3. The summed E-state index contributed by atoms with van der Waals surface area (Å²) in [5, 5.41) is 0.676. The van der Waals surface area contributed by atoms with Gasteiger partial charge in [-0.05, 0) is 64.7 Å². The molecule has 1 aromatic carbocycles. The monoisotopic (exact) mass is 351 g/mol. The molecule has 1 saturated heterocycles. The number of likely N-dealkylation sites (tertiary alicyclic amines) is 1. The fraction of sp³-hybridized carbons (Fsp3) is 0.579. The van der Waals surface area contributed by atoms with Crippen molar-refractivity contribution in [2.24, 2.45) is 5.41 Å². The summed E-state index contributed by atoms with van der Waals surface area (Å²) in [6.45, 7) is 8.20. The maximum atomic E-state index is 12.4. The minimum atomic E-state index is -0.553. The first-order valence-corrected chi connectivity index (χ1v) is 8.73. The van der Waals surface area contributed by atoms with Gasteiger partial charge in [-0.25, -0.2) is 4.79 Å². The van der Waals surface area contributed by atoms with Crippen LogP contribution in [0.1, 0.15) is 46.1 Å². The number of carbonyl (C=O) groups is 2. The van der Waals surface area contributed by atoms with Crippen LogP contribution >= 0.6 is 11.6 Å². The van der Waals surface area contributed by atoms with Crippen molar-refractivity contribution in [3.63, 3.8) is 0 Å². The molecule has 1 aliphatic heterocycles. The van der Waals surface area contributed by atoms with E-state index in [4.69, 9.17) is 16.3 Å². The Morgan fingerprint density at radius 1 is 1.25 bits per heavy atom. The average molecular weight is 352 g/mol. The van der Waals surface area contributed by atoms with Crippen LogP contribution in [0.4, 0.5) is 4.79 Å². The van der Waals surface area contributed by atoms with Gasteiger partial charge in [0, 0.05) is 18.1 Å². The molecule has 1 aromatic rings. The lowest BCUT2D eigenvalue weighted by molar-refractivity contribution is -0.129. The number of ether oxygens (including phenoxy) is 1. The van der Waals surface area contributed by atoms with Crippen LogP contribution in [0.15, 0.2) is 24.3 Å². The van der Waals surface area contributed by atoms with Crippen LogP contribution in [0.25, 0.3) is 0 Å². The lowest BCUT2D eigenvalue weighted by atomic mass is 9.72. The second kappa shape index (κ2) is 7.14. The van der Waals surface area contributed by atoms with Crippen molar-refractivity contribution in [3.8, 4) is 0 Å². The minimum Gasteiger partial charge on any atom is -0.444 e. The van der Waals surface area contributed by atoms with Gasteiger partial charge in [-0.3, -0.25) is 4.79 Å². The normalized spacial score (nSPS) is 21.5. The number of amides is 1. The van der Waals surface area contributed by atoms with Crippen molar-refractivity contribution in [2.45, 2.75) is 52.6 Å². The number of hydrogen-bond donors (Lipinski definition) is 0. The topological polar surface area (TPSA) is 46.6 Å². The zero-order valence-electron chi connectivity index (χ0n) is 14.9. The molecule has 132 valence electrons. The molecule has 0 radical (unpaired) electrons. The van der Waals surface area contributed by atoms with Crippen LogP contribution in [0.5, 0.6) is 0 Å². The quantitative estimate of drug-likeness (QED) is 0.806. The summed E-state index contributed by atoms with van der Waals surface area (Å²) in [5.41, 5.74) is -0.0346.